The summed E-state index contributed by atoms with van der Waals surface area (Å²) >= 11 is 0. The molecule has 1 unspecified atom stereocenters. The molecule has 0 aromatic heterocycles. The number of sulfonamides is 1. The van der Waals surface area contributed by atoms with Crippen LogP contribution in [0.25, 0.3) is 0 Å². The van der Waals surface area contributed by atoms with E-state index in [1.54, 1.807) is 30.3 Å². The van der Waals surface area contributed by atoms with Gasteiger partial charge in [0.05, 0.1) is 4.90 Å². The number of sulfone groups is 1. The van der Waals surface area contributed by atoms with Gasteiger partial charge in [0.15, 0.2) is 9.84 Å². The van der Waals surface area contributed by atoms with Gasteiger partial charge in [0.2, 0.25) is 15.8 Å². The van der Waals surface area contributed by atoms with Crippen LogP contribution in [0.5, 0.6) is 0 Å². The monoisotopic (exact) mass is 574 g/mol. The highest BCUT2D eigenvalue weighted by atomic mass is 32.2. The van der Waals surface area contributed by atoms with Crippen LogP contribution in [0.4, 0.5) is 5.69 Å². The minimum absolute atomic E-state index is 0.139. The standard InChI is InChI=1S/C30H26N2O6S2/c1-39(34,35)29-26(21-11-5-2-6-12-21)32(24-17-19-25(20-18-24)40(31,36)37)30(33)28(29)38-27(22-13-7-3-8-14-22)23-15-9-4-10-16-23/h2-20,26-27H,1H3,(H2,31,36,37). The van der Waals surface area contributed by atoms with Crippen LogP contribution in [-0.2, 0) is 29.4 Å². The van der Waals surface area contributed by atoms with E-state index in [9.17, 15) is 21.6 Å². The highest BCUT2D eigenvalue weighted by Crippen LogP contribution is 2.45. The number of primary sulfonamides is 1. The average molecular weight is 575 g/mol. The molecule has 0 bridgehead atoms. The summed E-state index contributed by atoms with van der Waals surface area (Å²) < 4.78 is 56.8. The second-order valence-electron chi connectivity index (χ2n) is 9.31. The maximum atomic E-state index is 14.2. The third-order valence-electron chi connectivity index (χ3n) is 6.54. The zero-order chi connectivity index (χ0) is 28.5. The van der Waals surface area contributed by atoms with Gasteiger partial charge in [0, 0.05) is 11.9 Å². The van der Waals surface area contributed by atoms with Crippen LogP contribution in [0.1, 0.15) is 28.8 Å². The molecule has 204 valence electrons. The smallest absolute Gasteiger partial charge is 0.295 e. The summed E-state index contributed by atoms with van der Waals surface area (Å²) in [6, 6.07) is 31.5. The van der Waals surface area contributed by atoms with Crippen LogP contribution in [0.3, 0.4) is 0 Å². The van der Waals surface area contributed by atoms with Crippen molar-refractivity contribution in [2.45, 2.75) is 17.0 Å². The molecule has 0 fully saturated rings. The summed E-state index contributed by atoms with van der Waals surface area (Å²) in [7, 11) is -7.97. The van der Waals surface area contributed by atoms with Gasteiger partial charge >= 0.3 is 0 Å². The normalized spacial score (nSPS) is 16.0. The van der Waals surface area contributed by atoms with Gasteiger partial charge in [-0.25, -0.2) is 22.0 Å². The fourth-order valence-electron chi connectivity index (χ4n) is 4.75. The fraction of sp³-hybridized carbons (Fsp3) is 0.100. The predicted molar refractivity (Wildman–Crippen MR) is 152 cm³/mol. The first-order valence-corrected chi connectivity index (χ1v) is 15.7. The molecule has 1 aliphatic rings. The van der Waals surface area contributed by atoms with Crippen molar-refractivity contribution in [2.24, 2.45) is 5.14 Å². The van der Waals surface area contributed by atoms with Crippen molar-refractivity contribution in [1.29, 1.82) is 0 Å². The maximum absolute atomic E-state index is 14.2. The number of benzene rings is 4. The number of ether oxygens (including phenoxy) is 1. The topological polar surface area (TPSA) is 124 Å². The number of carbonyl (C=O) groups is 1. The van der Waals surface area contributed by atoms with Crippen LogP contribution in [-0.4, -0.2) is 29.0 Å². The Morgan fingerprint density at radius 2 is 1.20 bits per heavy atom. The number of nitrogens with two attached hydrogens (primary N) is 1. The van der Waals surface area contributed by atoms with E-state index >= 15 is 0 Å². The van der Waals surface area contributed by atoms with Crippen molar-refractivity contribution in [3.05, 3.63) is 143 Å². The summed E-state index contributed by atoms with van der Waals surface area (Å²) in [6.07, 6.45) is 0.266. The van der Waals surface area contributed by atoms with E-state index < -0.39 is 37.9 Å². The Bertz CT molecular complexity index is 1730. The summed E-state index contributed by atoms with van der Waals surface area (Å²) in [5.41, 5.74) is 2.28. The highest BCUT2D eigenvalue weighted by molar-refractivity contribution is 7.94. The van der Waals surface area contributed by atoms with Gasteiger partial charge in [-0.15, -0.1) is 0 Å². The molecule has 4 aromatic carbocycles. The molecule has 1 heterocycles. The van der Waals surface area contributed by atoms with Crippen LogP contribution in [0, 0.1) is 0 Å². The van der Waals surface area contributed by atoms with Crippen molar-refractivity contribution in [3.8, 4) is 0 Å². The third-order valence-corrected chi connectivity index (χ3v) is 8.68. The summed E-state index contributed by atoms with van der Waals surface area (Å²) in [5, 5.41) is 5.26. The van der Waals surface area contributed by atoms with Crippen molar-refractivity contribution >= 4 is 31.5 Å². The third kappa shape index (κ3) is 5.42. The van der Waals surface area contributed by atoms with E-state index in [1.807, 2.05) is 60.7 Å². The molecular weight excluding hydrogens is 548 g/mol. The SMILES string of the molecule is CS(=O)(=O)C1=C(OC(c2ccccc2)c2ccccc2)C(=O)N(c2ccc(S(N)(=O)=O)cc2)C1c1ccccc1. The Kier molecular flexibility index (Phi) is 7.33. The molecule has 0 aliphatic carbocycles. The van der Waals surface area contributed by atoms with Crippen LogP contribution in [0.2, 0.25) is 0 Å². The van der Waals surface area contributed by atoms with Crippen LogP contribution in [0.15, 0.2) is 131 Å². The molecule has 1 amide bonds. The molecule has 8 nitrogen and oxygen atoms in total. The van der Waals surface area contributed by atoms with Gasteiger partial charge in [0.25, 0.3) is 5.91 Å². The average Bonchev–Trinajstić information content (AvgIpc) is 3.25. The number of anilines is 1. The zero-order valence-corrected chi connectivity index (χ0v) is 23.0. The molecule has 0 saturated heterocycles. The van der Waals surface area contributed by atoms with E-state index in [2.05, 4.69) is 0 Å². The second-order valence-corrected chi connectivity index (χ2v) is 12.9. The summed E-state index contributed by atoms with van der Waals surface area (Å²) in [4.78, 5) is 15.1. The highest BCUT2D eigenvalue weighted by Gasteiger charge is 2.47. The van der Waals surface area contributed by atoms with E-state index in [0.717, 1.165) is 17.4 Å². The lowest BCUT2D eigenvalue weighted by molar-refractivity contribution is -0.118. The molecule has 0 radical (unpaired) electrons. The summed E-state index contributed by atoms with van der Waals surface area (Å²) in [6.45, 7) is 0. The number of nitrogens with zero attached hydrogens (tertiary/aromatic N) is 1. The van der Waals surface area contributed by atoms with Gasteiger partial charge in [-0.1, -0.05) is 91.0 Å². The Morgan fingerprint density at radius 3 is 1.65 bits per heavy atom. The fourth-order valence-corrected chi connectivity index (χ4v) is 6.39. The Hall–Kier alpha value is -4.25. The lowest BCUT2D eigenvalue weighted by Crippen LogP contribution is -2.31. The van der Waals surface area contributed by atoms with Crippen molar-refractivity contribution in [3.63, 3.8) is 0 Å². The molecule has 1 atom stereocenters. The quantitative estimate of drug-likeness (QED) is 0.331. The molecule has 40 heavy (non-hydrogen) atoms. The van der Waals surface area contributed by atoms with E-state index in [-0.39, 0.29) is 21.2 Å². The molecule has 0 saturated carbocycles. The predicted octanol–water partition coefficient (Wildman–Crippen LogP) is 4.48. The maximum Gasteiger partial charge on any atom is 0.295 e. The number of hydrogen-bond donors (Lipinski definition) is 1. The van der Waals surface area contributed by atoms with Gasteiger partial charge in [0.1, 0.15) is 17.1 Å². The van der Waals surface area contributed by atoms with E-state index in [1.165, 1.54) is 29.2 Å². The van der Waals surface area contributed by atoms with Gasteiger partial charge in [-0.05, 0) is 41.0 Å². The molecule has 0 spiro atoms. The lowest BCUT2D eigenvalue weighted by Gasteiger charge is -2.27. The van der Waals surface area contributed by atoms with Gasteiger partial charge in [-0.3, -0.25) is 9.69 Å². The minimum Gasteiger partial charge on any atom is -0.474 e. The minimum atomic E-state index is -3.99. The lowest BCUT2D eigenvalue weighted by atomic mass is 10.0. The van der Waals surface area contributed by atoms with E-state index in [0.29, 0.717) is 5.56 Å². The molecule has 2 N–H and O–H groups in total. The van der Waals surface area contributed by atoms with E-state index in [4.69, 9.17) is 9.88 Å². The Balaban J connectivity index is 1.70. The van der Waals surface area contributed by atoms with Crippen LogP contribution < -0.4 is 10.0 Å². The summed E-state index contributed by atoms with van der Waals surface area (Å²) in [5.74, 6) is -0.973. The number of amides is 1. The first-order chi connectivity index (χ1) is 19.1. The Labute approximate surface area is 233 Å². The zero-order valence-electron chi connectivity index (χ0n) is 21.4. The number of rotatable bonds is 8. The van der Waals surface area contributed by atoms with Gasteiger partial charge < -0.3 is 4.74 Å². The number of carbonyl (C=O) groups excluding carboxylic acids is 1. The van der Waals surface area contributed by atoms with Crippen molar-refractivity contribution < 1.29 is 26.4 Å². The van der Waals surface area contributed by atoms with Crippen LogP contribution >= 0.6 is 0 Å². The molecule has 10 heteroatoms. The second kappa shape index (κ2) is 10.7. The first kappa shape index (κ1) is 27.3. The van der Waals surface area contributed by atoms with Crippen molar-refractivity contribution in [2.75, 3.05) is 11.2 Å². The molecular formula is C30H26N2O6S2. The molecule has 5 rings (SSSR count). The number of hydrogen-bond acceptors (Lipinski definition) is 6. The Morgan fingerprint density at radius 1 is 0.725 bits per heavy atom. The van der Waals surface area contributed by atoms with Gasteiger partial charge in [-0.2, -0.15) is 0 Å². The first-order valence-electron chi connectivity index (χ1n) is 12.3. The van der Waals surface area contributed by atoms with Crippen molar-refractivity contribution in [1.82, 2.24) is 0 Å². The largest absolute Gasteiger partial charge is 0.474 e. The molecule has 4 aromatic rings. The molecule has 1 aliphatic heterocycles.